The number of carbonyl (C=O) groups is 1. The van der Waals surface area contributed by atoms with Crippen molar-refractivity contribution in [2.75, 3.05) is 6.61 Å². The van der Waals surface area contributed by atoms with Gasteiger partial charge in [0, 0.05) is 0 Å². The number of carbonyl (C=O) groups excluding carboxylic acids is 1. The van der Waals surface area contributed by atoms with Crippen LogP contribution < -0.4 is 0 Å². The fourth-order valence-corrected chi connectivity index (χ4v) is 4.45. The Hall–Kier alpha value is -0.740. The lowest BCUT2D eigenvalue weighted by molar-refractivity contribution is -0.190. The lowest BCUT2D eigenvalue weighted by Gasteiger charge is -2.37. The van der Waals surface area contributed by atoms with Crippen molar-refractivity contribution in [1.29, 1.82) is 0 Å². The highest BCUT2D eigenvalue weighted by Gasteiger charge is 2.35. The summed E-state index contributed by atoms with van der Waals surface area (Å²) >= 11 is 0. The van der Waals surface area contributed by atoms with E-state index in [9.17, 15) is 18.0 Å². The molecule has 2 aliphatic rings. The van der Waals surface area contributed by atoms with Crippen LogP contribution in [0.5, 0.6) is 0 Å². The van der Waals surface area contributed by atoms with Gasteiger partial charge in [-0.2, -0.15) is 13.2 Å². The van der Waals surface area contributed by atoms with Crippen molar-refractivity contribution in [3.8, 4) is 0 Å². The van der Waals surface area contributed by atoms with Crippen LogP contribution in [0.15, 0.2) is 0 Å². The van der Waals surface area contributed by atoms with Gasteiger partial charge in [0.15, 0.2) is 6.61 Å². The minimum atomic E-state index is -4.43. The van der Waals surface area contributed by atoms with E-state index in [1.54, 1.807) is 0 Å². The highest BCUT2D eigenvalue weighted by molar-refractivity contribution is 5.72. The molecule has 134 valence electrons. The van der Waals surface area contributed by atoms with Crippen LogP contribution in [0.25, 0.3) is 0 Å². The maximum atomic E-state index is 12.1. The second-order valence-electron chi connectivity index (χ2n) is 7.40. The molecule has 5 heteroatoms. The van der Waals surface area contributed by atoms with E-state index in [2.05, 4.69) is 11.7 Å². The predicted octanol–water partition coefficient (Wildman–Crippen LogP) is 5.50. The van der Waals surface area contributed by atoms with Gasteiger partial charge in [-0.3, -0.25) is 4.79 Å². The summed E-state index contributed by atoms with van der Waals surface area (Å²) in [5, 5.41) is 0. The minimum absolute atomic E-state index is 0.329. The summed E-state index contributed by atoms with van der Waals surface area (Å²) in [7, 11) is 0. The van der Waals surface area contributed by atoms with E-state index in [1.165, 1.54) is 38.5 Å². The fraction of sp³-hybridized carbons (Fsp3) is 0.944. The van der Waals surface area contributed by atoms with Gasteiger partial charge in [0.05, 0.1) is 5.92 Å². The number of halogens is 3. The summed E-state index contributed by atoms with van der Waals surface area (Å²) < 4.78 is 40.7. The van der Waals surface area contributed by atoms with Gasteiger partial charge in [-0.1, -0.05) is 32.6 Å². The minimum Gasteiger partial charge on any atom is -0.456 e. The zero-order valence-corrected chi connectivity index (χ0v) is 14.0. The molecule has 2 fully saturated rings. The van der Waals surface area contributed by atoms with Crippen LogP contribution in [0, 0.1) is 23.7 Å². The summed E-state index contributed by atoms with van der Waals surface area (Å²) in [6, 6.07) is 0. The van der Waals surface area contributed by atoms with Gasteiger partial charge < -0.3 is 4.74 Å². The van der Waals surface area contributed by atoms with Gasteiger partial charge in [-0.05, 0) is 56.3 Å². The molecule has 0 aliphatic heterocycles. The second kappa shape index (κ2) is 8.39. The summed E-state index contributed by atoms with van der Waals surface area (Å²) in [6.07, 6.45) is 6.72. The number of ether oxygens (including phenoxy) is 1. The summed E-state index contributed by atoms with van der Waals surface area (Å²) in [5.41, 5.74) is 0. The van der Waals surface area contributed by atoms with Crippen molar-refractivity contribution in [2.24, 2.45) is 23.7 Å². The first-order valence-electron chi connectivity index (χ1n) is 9.12. The van der Waals surface area contributed by atoms with E-state index in [4.69, 9.17) is 0 Å². The number of esters is 1. The second-order valence-corrected chi connectivity index (χ2v) is 7.40. The van der Waals surface area contributed by atoms with Gasteiger partial charge in [0.25, 0.3) is 0 Å². The third-order valence-corrected chi connectivity index (χ3v) is 5.74. The molecule has 0 atom stereocenters. The van der Waals surface area contributed by atoms with Gasteiger partial charge in [0.1, 0.15) is 0 Å². The molecule has 0 spiro atoms. The van der Waals surface area contributed by atoms with Crippen molar-refractivity contribution in [3.63, 3.8) is 0 Å². The average molecular weight is 334 g/mol. The first kappa shape index (κ1) is 18.6. The SMILES string of the molecule is CCC[C@H]1CC[C@H]([C@H]2CC[C@H](C(=O)OCC(F)(F)F)CC2)CC1. The zero-order chi connectivity index (χ0) is 16.9. The Balaban J connectivity index is 1.69. The van der Waals surface area contributed by atoms with E-state index in [-0.39, 0.29) is 5.92 Å². The Kier molecular flexibility index (Phi) is 6.78. The standard InChI is InChI=1S/C18H29F3O2/c1-2-3-13-4-6-14(7-5-13)15-8-10-16(11-9-15)17(22)23-12-18(19,20)21/h13-16H,2-12H2,1H3/t13-,14-,15-,16-. The Morgan fingerprint density at radius 1 is 0.957 bits per heavy atom. The first-order valence-corrected chi connectivity index (χ1v) is 9.12. The zero-order valence-electron chi connectivity index (χ0n) is 14.0. The number of hydrogen-bond donors (Lipinski definition) is 0. The van der Waals surface area contributed by atoms with Crippen LogP contribution in [0.2, 0.25) is 0 Å². The number of alkyl halides is 3. The lowest BCUT2D eigenvalue weighted by atomic mass is 9.69. The fourth-order valence-electron chi connectivity index (χ4n) is 4.45. The van der Waals surface area contributed by atoms with Crippen LogP contribution >= 0.6 is 0 Å². The molecule has 0 radical (unpaired) electrons. The van der Waals surface area contributed by atoms with Crippen LogP contribution in [0.1, 0.15) is 71.1 Å². The van der Waals surface area contributed by atoms with E-state index >= 15 is 0 Å². The van der Waals surface area contributed by atoms with Crippen LogP contribution in [0.3, 0.4) is 0 Å². The molecule has 0 saturated heterocycles. The van der Waals surface area contributed by atoms with Crippen LogP contribution in [-0.4, -0.2) is 18.8 Å². The number of hydrogen-bond acceptors (Lipinski definition) is 2. The van der Waals surface area contributed by atoms with Gasteiger partial charge in [-0.25, -0.2) is 0 Å². The molecule has 23 heavy (non-hydrogen) atoms. The number of rotatable bonds is 5. The quantitative estimate of drug-likeness (QED) is 0.620. The Labute approximate surface area is 137 Å². The highest BCUT2D eigenvalue weighted by atomic mass is 19.4. The normalized spacial score (nSPS) is 32.5. The van der Waals surface area contributed by atoms with E-state index in [1.807, 2.05) is 0 Å². The lowest BCUT2D eigenvalue weighted by Crippen LogP contribution is -2.30. The Morgan fingerprint density at radius 2 is 1.48 bits per heavy atom. The predicted molar refractivity (Wildman–Crippen MR) is 82.8 cm³/mol. The third kappa shape index (κ3) is 6.00. The maximum Gasteiger partial charge on any atom is 0.422 e. The molecule has 2 aliphatic carbocycles. The van der Waals surface area contributed by atoms with E-state index < -0.39 is 18.8 Å². The molecule has 0 amide bonds. The van der Waals surface area contributed by atoms with Crippen molar-refractivity contribution in [2.45, 2.75) is 77.3 Å². The van der Waals surface area contributed by atoms with Crippen LogP contribution in [-0.2, 0) is 9.53 Å². The van der Waals surface area contributed by atoms with Crippen LogP contribution in [0.4, 0.5) is 13.2 Å². The van der Waals surface area contributed by atoms with E-state index in [0.717, 1.165) is 24.7 Å². The molecular weight excluding hydrogens is 305 g/mol. The average Bonchev–Trinajstić information content (AvgIpc) is 2.53. The molecule has 0 aromatic carbocycles. The molecular formula is C18H29F3O2. The van der Waals surface area contributed by atoms with Crippen molar-refractivity contribution < 1.29 is 22.7 Å². The molecule has 0 aromatic heterocycles. The molecule has 0 bridgehead atoms. The summed E-state index contributed by atoms with van der Waals surface area (Å²) in [4.78, 5) is 11.7. The van der Waals surface area contributed by atoms with Crippen molar-refractivity contribution in [1.82, 2.24) is 0 Å². The highest BCUT2D eigenvalue weighted by Crippen LogP contribution is 2.42. The van der Waals surface area contributed by atoms with Gasteiger partial charge in [-0.15, -0.1) is 0 Å². The largest absolute Gasteiger partial charge is 0.456 e. The van der Waals surface area contributed by atoms with Crippen molar-refractivity contribution in [3.05, 3.63) is 0 Å². The van der Waals surface area contributed by atoms with Gasteiger partial charge in [0.2, 0.25) is 0 Å². The smallest absolute Gasteiger partial charge is 0.422 e. The summed E-state index contributed by atoms with van der Waals surface area (Å²) in [6.45, 7) is 0.790. The molecule has 2 rings (SSSR count). The Bertz CT molecular complexity index is 365. The monoisotopic (exact) mass is 334 g/mol. The molecule has 0 unspecified atom stereocenters. The Morgan fingerprint density at radius 3 is 1.96 bits per heavy atom. The topological polar surface area (TPSA) is 26.3 Å². The van der Waals surface area contributed by atoms with Gasteiger partial charge >= 0.3 is 12.1 Å². The molecule has 0 heterocycles. The molecule has 2 saturated carbocycles. The maximum absolute atomic E-state index is 12.1. The summed E-state index contributed by atoms with van der Waals surface area (Å²) in [5.74, 6) is 1.32. The molecule has 0 aromatic rings. The third-order valence-electron chi connectivity index (χ3n) is 5.74. The molecule has 0 N–H and O–H groups in total. The molecule has 2 nitrogen and oxygen atoms in total. The van der Waals surface area contributed by atoms with E-state index in [0.29, 0.717) is 18.8 Å². The first-order chi connectivity index (χ1) is 10.9. The van der Waals surface area contributed by atoms with Crippen molar-refractivity contribution >= 4 is 5.97 Å².